The molecular weight excluding hydrogens is 705 g/mol. The second-order valence-electron chi connectivity index (χ2n) is 13.7. The highest BCUT2D eigenvalue weighted by Gasteiger charge is 2.15. The summed E-state index contributed by atoms with van der Waals surface area (Å²) in [5.41, 5.74) is 11.6. The first-order valence-corrected chi connectivity index (χ1v) is 19.8. The molecule has 0 bridgehead atoms. The Hall–Kier alpha value is -6.91. The van der Waals surface area contributed by atoms with Gasteiger partial charge >= 0.3 is 0 Å². The predicted molar refractivity (Wildman–Crippen MR) is 254 cm³/mol. The van der Waals surface area contributed by atoms with Crippen molar-refractivity contribution < 1.29 is 0 Å². The fraction of sp³-hybridized carbons (Fsp3) is 0.130. The van der Waals surface area contributed by atoms with E-state index < -0.39 is 0 Å². The molecule has 0 aromatic heterocycles. The molecule has 58 heavy (non-hydrogen) atoms. The largest absolute Gasteiger partial charge is 0.340 e. The average molecular weight is 759 g/mol. The van der Waals surface area contributed by atoms with Crippen molar-refractivity contribution in [2.75, 3.05) is 0 Å². The summed E-state index contributed by atoms with van der Waals surface area (Å²) in [7, 11) is 0. The van der Waals surface area contributed by atoms with Crippen LogP contribution in [-0.4, -0.2) is 18.8 Å². The first kappa shape index (κ1) is 42.2. The van der Waals surface area contributed by atoms with Gasteiger partial charge in [-0.05, 0) is 113 Å². The van der Waals surface area contributed by atoms with Crippen molar-refractivity contribution in [2.45, 2.75) is 46.6 Å². The van der Waals surface area contributed by atoms with Crippen LogP contribution in [0.2, 0.25) is 0 Å². The molecule has 5 aromatic carbocycles. The summed E-state index contributed by atoms with van der Waals surface area (Å²) < 4.78 is 0. The monoisotopic (exact) mass is 758 g/mol. The van der Waals surface area contributed by atoms with Gasteiger partial charge in [0, 0.05) is 30.1 Å². The van der Waals surface area contributed by atoms with Gasteiger partial charge in [0.2, 0.25) is 0 Å². The molecule has 4 heteroatoms. The van der Waals surface area contributed by atoms with Crippen LogP contribution in [0, 0.1) is 0 Å². The second kappa shape index (κ2) is 22.0. The van der Waals surface area contributed by atoms with Gasteiger partial charge < -0.3 is 5.32 Å². The van der Waals surface area contributed by atoms with Crippen LogP contribution in [0.15, 0.2) is 197 Å². The lowest BCUT2D eigenvalue weighted by atomic mass is 9.92. The Morgan fingerprint density at radius 2 is 1.45 bits per heavy atom. The molecule has 1 unspecified atom stereocenters. The maximum Gasteiger partial charge on any atom is 0.133 e. The highest BCUT2D eigenvalue weighted by molar-refractivity contribution is 6.03. The van der Waals surface area contributed by atoms with Crippen LogP contribution in [0.4, 0.5) is 0 Å². The number of aliphatic imine (C=N–C) groups is 3. The normalized spacial score (nSPS) is 13.9. The topological polar surface area (TPSA) is 49.1 Å². The van der Waals surface area contributed by atoms with Crippen LogP contribution in [0.3, 0.4) is 0 Å². The van der Waals surface area contributed by atoms with Crippen molar-refractivity contribution >= 4 is 48.3 Å². The number of nitrogens with one attached hydrogen (secondary N) is 1. The Kier molecular flexibility index (Phi) is 16.0. The van der Waals surface area contributed by atoms with Crippen molar-refractivity contribution in [3.8, 4) is 11.1 Å². The van der Waals surface area contributed by atoms with E-state index in [2.05, 4.69) is 183 Å². The first-order chi connectivity index (χ1) is 28.4. The number of hydrogen-bond donors (Lipinski definition) is 1. The second-order valence-corrected chi connectivity index (χ2v) is 13.7. The molecule has 5 aromatic rings. The zero-order valence-electron chi connectivity index (χ0n) is 34.3. The zero-order chi connectivity index (χ0) is 41.1. The zero-order valence-corrected chi connectivity index (χ0v) is 34.3. The molecule has 1 N–H and O–H groups in total. The fourth-order valence-corrected chi connectivity index (χ4v) is 6.49. The third-order valence-electron chi connectivity index (χ3n) is 9.61. The molecule has 0 saturated heterocycles. The SMILES string of the molecule is C=C/C=C(\C=C/C/C(=C/N=CC)N=C)c1cc(-c2ccc(C(/C=c3/ccccc3=C)=C/C)cc2)cc(C(C)N=C(N/C(=C/CC)c2ccccc2)c2ccccc2)c1. The number of amidine groups is 1. The van der Waals surface area contributed by atoms with Crippen molar-refractivity contribution in [2.24, 2.45) is 15.0 Å². The molecule has 5 rings (SSSR count). The molecule has 0 aliphatic rings. The Labute approximate surface area is 345 Å². The van der Waals surface area contributed by atoms with Gasteiger partial charge in [0.25, 0.3) is 0 Å². The molecule has 0 saturated carbocycles. The molecule has 0 aliphatic carbocycles. The quantitative estimate of drug-likeness (QED) is 0.0608. The van der Waals surface area contributed by atoms with E-state index >= 15 is 0 Å². The third-order valence-corrected chi connectivity index (χ3v) is 9.61. The molecule has 0 fully saturated rings. The standard InChI is InChI=1S/C54H54N4/c1-8-21-43(29-20-30-52(55-7)39-56-11-4)50-36-49(37-51(38-50)45-33-31-44(32-34-45)42(10-3)35-48-28-19-18-23-40(48)5)41(6)57-54(47-26-16-13-17-27-47)58-53(22-9-2)46-24-14-12-15-25-46/h8,10-29,31-39,41H,1,5,7,9,30H2,2-4,6H3,(H,57,58)/b29-20-,42-10+,43-21+,48-35-,52-39-,53-22+,56-11?. The minimum atomic E-state index is -0.202. The highest BCUT2D eigenvalue weighted by Crippen LogP contribution is 2.32. The summed E-state index contributed by atoms with van der Waals surface area (Å²) in [5, 5.41) is 5.84. The van der Waals surface area contributed by atoms with Crippen molar-refractivity contribution in [1.29, 1.82) is 0 Å². The summed E-state index contributed by atoms with van der Waals surface area (Å²) in [4.78, 5) is 13.8. The average Bonchev–Trinajstić information content (AvgIpc) is 3.27. The van der Waals surface area contributed by atoms with E-state index in [9.17, 15) is 0 Å². The van der Waals surface area contributed by atoms with Crippen molar-refractivity contribution in [1.82, 2.24) is 5.32 Å². The fourth-order valence-electron chi connectivity index (χ4n) is 6.49. The maximum atomic E-state index is 5.42. The lowest BCUT2D eigenvalue weighted by Gasteiger charge is -2.18. The molecule has 1 atom stereocenters. The van der Waals surface area contributed by atoms with E-state index in [1.165, 1.54) is 0 Å². The number of allylic oxidation sites excluding steroid dienone is 8. The van der Waals surface area contributed by atoms with E-state index in [-0.39, 0.29) is 6.04 Å². The van der Waals surface area contributed by atoms with Crippen molar-refractivity contribution in [3.05, 3.63) is 221 Å². The lowest BCUT2D eigenvalue weighted by Crippen LogP contribution is -2.24. The first-order valence-electron chi connectivity index (χ1n) is 19.8. The van der Waals surface area contributed by atoms with E-state index in [1.807, 2.05) is 49.4 Å². The summed E-state index contributed by atoms with van der Waals surface area (Å²) >= 11 is 0. The molecule has 0 spiro atoms. The van der Waals surface area contributed by atoms with Gasteiger partial charge in [0.15, 0.2) is 0 Å². The van der Waals surface area contributed by atoms with Gasteiger partial charge in [0.05, 0.1) is 11.7 Å². The maximum absolute atomic E-state index is 5.42. The van der Waals surface area contributed by atoms with Crippen LogP contribution < -0.4 is 15.8 Å². The summed E-state index contributed by atoms with van der Waals surface area (Å²) in [6.07, 6.45) is 19.6. The highest BCUT2D eigenvalue weighted by atomic mass is 15.0. The van der Waals surface area contributed by atoms with Gasteiger partial charge in [-0.1, -0.05) is 166 Å². The number of benzene rings is 5. The summed E-state index contributed by atoms with van der Waals surface area (Å²) in [6, 6.07) is 44.3. The van der Waals surface area contributed by atoms with Gasteiger partial charge in [-0.25, -0.2) is 0 Å². The minimum Gasteiger partial charge on any atom is -0.340 e. The molecular formula is C54H54N4. The minimum absolute atomic E-state index is 0.202. The van der Waals surface area contributed by atoms with Crippen LogP contribution in [0.1, 0.15) is 74.4 Å². The molecule has 0 heterocycles. The van der Waals surface area contributed by atoms with Crippen molar-refractivity contribution in [3.63, 3.8) is 0 Å². The lowest BCUT2D eigenvalue weighted by molar-refractivity contribution is 0.814. The Bertz CT molecular complexity index is 2490. The van der Waals surface area contributed by atoms with Crippen LogP contribution >= 0.6 is 0 Å². The van der Waals surface area contributed by atoms with Gasteiger partial charge in [0.1, 0.15) is 5.84 Å². The van der Waals surface area contributed by atoms with Gasteiger partial charge in [-0.2, -0.15) is 0 Å². The molecule has 0 aliphatic heterocycles. The van der Waals surface area contributed by atoms with Crippen LogP contribution in [-0.2, 0) is 0 Å². The van der Waals surface area contributed by atoms with Gasteiger partial charge in [-0.3, -0.25) is 15.0 Å². The van der Waals surface area contributed by atoms with E-state index in [0.717, 1.165) is 84.2 Å². The molecule has 0 radical (unpaired) electrons. The number of hydrogen-bond acceptors (Lipinski definition) is 3. The Morgan fingerprint density at radius 1 is 0.759 bits per heavy atom. The predicted octanol–water partition coefficient (Wildman–Crippen LogP) is 12.3. The summed E-state index contributed by atoms with van der Waals surface area (Å²) in [5.74, 6) is 0.805. The molecule has 4 nitrogen and oxygen atoms in total. The van der Waals surface area contributed by atoms with Gasteiger partial charge in [-0.15, -0.1) is 0 Å². The summed E-state index contributed by atoms with van der Waals surface area (Å²) in [6.45, 7) is 20.3. The molecule has 0 amide bonds. The van der Waals surface area contributed by atoms with E-state index in [0.29, 0.717) is 6.42 Å². The van der Waals surface area contributed by atoms with Crippen LogP contribution in [0.25, 0.3) is 40.6 Å². The smallest absolute Gasteiger partial charge is 0.133 e. The van der Waals surface area contributed by atoms with E-state index in [1.54, 1.807) is 12.4 Å². The Morgan fingerprint density at radius 3 is 2.09 bits per heavy atom. The number of nitrogens with zero attached hydrogens (tertiary/aromatic N) is 3. The third kappa shape index (κ3) is 11.8. The Balaban J connectivity index is 1.62. The molecule has 290 valence electrons. The van der Waals surface area contributed by atoms with E-state index in [4.69, 9.17) is 4.99 Å². The number of rotatable bonds is 16. The van der Waals surface area contributed by atoms with Crippen LogP contribution in [0.5, 0.6) is 0 Å².